The highest BCUT2D eigenvalue weighted by Gasteiger charge is 2.39. The molecule has 0 amide bonds. The van der Waals surface area contributed by atoms with Crippen LogP contribution in [0.1, 0.15) is 5.56 Å². The lowest BCUT2D eigenvalue weighted by Crippen LogP contribution is -2.37. The van der Waals surface area contributed by atoms with E-state index in [0.29, 0.717) is 18.0 Å². The Bertz CT molecular complexity index is 810. The third-order valence-electron chi connectivity index (χ3n) is 4.54. The van der Waals surface area contributed by atoms with E-state index in [1.54, 1.807) is 35.3 Å². The predicted octanol–water partition coefficient (Wildman–Crippen LogP) is 2.93. The van der Waals surface area contributed by atoms with Crippen molar-refractivity contribution >= 4 is 21.8 Å². The fourth-order valence-corrected chi connectivity index (χ4v) is 5.68. The van der Waals surface area contributed by atoms with E-state index in [1.165, 1.54) is 4.90 Å². The lowest BCUT2D eigenvalue weighted by Gasteiger charge is -2.17. The van der Waals surface area contributed by atoms with Crippen molar-refractivity contribution in [2.24, 2.45) is 5.92 Å². The van der Waals surface area contributed by atoms with Gasteiger partial charge in [-0.3, -0.25) is 0 Å². The number of thioether (sulfide) groups is 1. The molecule has 2 unspecified atom stereocenters. The molecule has 140 valence electrons. The van der Waals surface area contributed by atoms with E-state index in [9.17, 15) is 8.42 Å². The summed E-state index contributed by atoms with van der Waals surface area (Å²) in [5.74, 6) is 0.991. The van der Waals surface area contributed by atoms with E-state index in [0.717, 1.165) is 11.3 Å². The minimum absolute atomic E-state index is 0.0311. The first kappa shape index (κ1) is 19.4. The number of hydrogen-bond acceptors (Lipinski definition) is 5. The number of hydrogen-bond donors (Lipinski definition) is 1. The maximum absolute atomic E-state index is 13.0. The van der Waals surface area contributed by atoms with Gasteiger partial charge in [0.2, 0.25) is 10.0 Å². The molecule has 2 atom stereocenters. The molecule has 3 rings (SSSR count). The lowest BCUT2D eigenvalue weighted by atomic mass is 10.1. The Labute approximate surface area is 159 Å². The molecule has 0 aromatic heterocycles. The van der Waals surface area contributed by atoms with Crippen molar-refractivity contribution in [2.45, 2.75) is 22.8 Å². The van der Waals surface area contributed by atoms with E-state index in [1.807, 2.05) is 37.3 Å². The standard InChI is InChI=1S/C19H24N2O3S2/c1-15-8-10-18(11-9-15)26(22,23)21-12-16(19(13-21)20-24-2)14-25-17-6-4-3-5-7-17/h3-11,16,19-20H,12-14H2,1-2H3. The van der Waals surface area contributed by atoms with Crippen LogP contribution < -0.4 is 5.48 Å². The van der Waals surface area contributed by atoms with Gasteiger partial charge >= 0.3 is 0 Å². The molecule has 0 aliphatic carbocycles. The summed E-state index contributed by atoms with van der Waals surface area (Å²) in [6.45, 7) is 2.84. The number of hydroxylamine groups is 1. The Morgan fingerprint density at radius 2 is 1.81 bits per heavy atom. The summed E-state index contributed by atoms with van der Waals surface area (Å²) in [5.41, 5.74) is 4.02. The van der Waals surface area contributed by atoms with Crippen LogP contribution in [0.5, 0.6) is 0 Å². The summed E-state index contributed by atoms with van der Waals surface area (Å²) in [5, 5.41) is 0. The molecule has 1 heterocycles. The fourth-order valence-electron chi connectivity index (χ4n) is 3.06. The van der Waals surface area contributed by atoms with Crippen LogP contribution in [0.4, 0.5) is 0 Å². The monoisotopic (exact) mass is 392 g/mol. The summed E-state index contributed by atoms with van der Waals surface area (Å²) in [6, 6.07) is 17.1. The second kappa shape index (κ2) is 8.54. The van der Waals surface area contributed by atoms with Crippen LogP contribution in [0.2, 0.25) is 0 Å². The maximum Gasteiger partial charge on any atom is 0.243 e. The molecule has 0 bridgehead atoms. The average molecular weight is 393 g/mol. The number of rotatable bonds is 7. The number of sulfonamides is 1. The zero-order valence-electron chi connectivity index (χ0n) is 15.0. The third kappa shape index (κ3) is 4.47. The zero-order chi connectivity index (χ0) is 18.6. The van der Waals surface area contributed by atoms with Gasteiger partial charge in [0.1, 0.15) is 0 Å². The zero-order valence-corrected chi connectivity index (χ0v) is 16.6. The number of aryl methyl sites for hydroxylation is 1. The normalized spacial score (nSPS) is 21.2. The summed E-state index contributed by atoms with van der Waals surface area (Å²) in [7, 11) is -1.93. The molecule has 1 fully saturated rings. The molecule has 0 saturated carbocycles. The highest BCUT2D eigenvalue weighted by Crippen LogP contribution is 2.29. The Morgan fingerprint density at radius 3 is 2.46 bits per heavy atom. The number of nitrogens with one attached hydrogen (secondary N) is 1. The van der Waals surface area contributed by atoms with Gasteiger partial charge in [-0.2, -0.15) is 9.79 Å². The minimum Gasteiger partial charge on any atom is -0.305 e. The van der Waals surface area contributed by atoms with Crippen molar-refractivity contribution in [1.29, 1.82) is 0 Å². The van der Waals surface area contributed by atoms with E-state index < -0.39 is 10.0 Å². The molecule has 2 aromatic rings. The Hall–Kier alpha value is -1.38. The van der Waals surface area contributed by atoms with Gasteiger partial charge in [-0.05, 0) is 31.2 Å². The Kier molecular flexibility index (Phi) is 6.37. The van der Waals surface area contributed by atoms with Gasteiger partial charge in [0.25, 0.3) is 0 Å². The summed E-state index contributed by atoms with van der Waals surface area (Å²) < 4.78 is 27.5. The Balaban J connectivity index is 1.72. The molecule has 1 N–H and O–H groups in total. The van der Waals surface area contributed by atoms with Crippen molar-refractivity contribution < 1.29 is 13.3 Å². The molecule has 1 saturated heterocycles. The van der Waals surface area contributed by atoms with E-state index in [4.69, 9.17) is 4.84 Å². The van der Waals surface area contributed by atoms with Crippen molar-refractivity contribution in [1.82, 2.24) is 9.79 Å². The largest absolute Gasteiger partial charge is 0.305 e. The van der Waals surface area contributed by atoms with Crippen LogP contribution >= 0.6 is 11.8 Å². The molecule has 7 heteroatoms. The average Bonchev–Trinajstić information content (AvgIpc) is 3.05. The lowest BCUT2D eigenvalue weighted by molar-refractivity contribution is 0.0555. The second-order valence-electron chi connectivity index (χ2n) is 6.45. The van der Waals surface area contributed by atoms with Gasteiger partial charge in [0.15, 0.2) is 0 Å². The SMILES string of the molecule is CONC1CN(S(=O)(=O)c2ccc(C)cc2)CC1CSc1ccccc1. The fraction of sp³-hybridized carbons (Fsp3) is 0.368. The van der Waals surface area contributed by atoms with Crippen molar-refractivity contribution in [3.8, 4) is 0 Å². The molecular weight excluding hydrogens is 368 g/mol. The van der Waals surface area contributed by atoms with Gasteiger partial charge in [-0.25, -0.2) is 8.42 Å². The molecule has 5 nitrogen and oxygen atoms in total. The van der Waals surface area contributed by atoms with Gasteiger partial charge in [-0.15, -0.1) is 11.8 Å². The van der Waals surface area contributed by atoms with Gasteiger partial charge in [0.05, 0.1) is 18.0 Å². The topological polar surface area (TPSA) is 58.6 Å². The van der Waals surface area contributed by atoms with Gasteiger partial charge < -0.3 is 4.84 Å². The van der Waals surface area contributed by atoms with Crippen LogP contribution in [-0.4, -0.2) is 44.7 Å². The summed E-state index contributed by atoms with van der Waals surface area (Å²) >= 11 is 1.74. The first-order valence-corrected chi connectivity index (χ1v) is 11.0. The quantitative estimate of drug-likeness (QED) is 0.580. The molecule has 26 heavy (non-hydrogen) atoms. The second-order valence-corrected chi connectivity index (χ2v) is 9.48. The van der Waals surface area contributed by atoms with E-state index in [-0.39, 0.29) is 12.0 Å². The van der Waals surface area contributed by atoms with Crippen LogP contribution in [-0.2, 0) is 14.9 Å². The molecule has 2 aromatic carbocycles. The first-order valence-electron chi connectivity index (χ1n) is 8.54. The minimum atomic E-state index is -3.49. The third-order valence-corrected chi connectivity index (χ3v) is 7.59. The number of nitrogens with zero attached hydrogens (tertiary/aromatic N) is 1. The van der Waals surface area contributed by atoms with Crippen LogP contribution in [0.25, 0.3) is 0 Å². The highest BCUT2D eigenvalue weighted by atomic mass is 32.2. The van der Waals surface area contributed by atoms with E-state index >= 15 is 0 Å². The van der Waals surface area contributed by atoms with Gasteiger partial charge in [-0.1, -0.05) is 35.9 Å². The van der Waals surface area contributed by atoms with Crippen LogP contribution in [0.15, 0.2) is 64.4 Å². The maximum atomic E-state index is 13.0. The van der Waals surface area contributed by atoms with Crippen LogP contribution in [0, 0.1) is 12.8 Å². The Morgan fingerprint density at radius 1 is 1.12 bits per heavy atom. The van der Waals surface area contributed by atoms with Crippen LogP contribution in [0.3, 0.4) is 0 Å². The molecular formula is C19H24N2O3S2. The van der Waals surface area contributed by atoms with Crippen molar-refractivity contribution in [3.63, 3.8) is 0 Å². The van der Waals surface area contributed by atoms with Gasteiger partial charge in [0, 0.05) is 29.7 Å². The predicted molar refractivity (Wildman–Crippen MR) is 105 cm³/mol. The van der Waals surface area contributed by atoms with Crippen molar-refractivity contribution in [3.05, 3.63) is 60.2 Å². The summed E-state index contributed by atoms with van der Waals surface area (Å²) in [4.78, 5) is 6.64. The first-order chi connectivity index (χ1) is 12.5. The van der Waals surface area contributed by atoms with E-state index in [2.05, 4.69) is 17.6 Å². The molecule has 0 spiro atoms. The molecule has 1 aliphatic heterocycles. The number of benzene rings is 2. The highest BCUT2D eigenvalue weighted by molar-refractivity contribution is 7.99. The summed E-state index contributed by atoms with van der Waals surface area (Å²) in [6.07, 6.45) is 0. The smallest absolute Gasteiger partial charge is 0.243 e. The molecule has 1 aliphatic rings. The van der Waals surface area contributed by atoms with Crippen molar-refractivity contribution in [2.75, 3.05) is 26.0 Å². The molecule has 0 radical (unpaired) electrons.